The average molecular weight is 305 g/mol. The highest BCUT2D eigenvalue weighted by molar-refractivity contribution is 5.78. The molecule has 0 saturated carbocycles. The largest absolute Gasteiger partial charge is 0.497 e. The smallest absolute Gasteiger partial charge is 0.401 e. The maximum atomic E-state index is 12.2. The van der Waals surface area contributed by atoms with E-state index in [-0.39, 0.29) is 6.42 Å². The van der Waals surface area contributed by atoms with Crippen LogP contribution in [-0.4, -0.2) is 36.4 Å². The fraction of sp³-hybridized carbons (Fsp3) is 0.500. The number of rotatable bonds is 7. The first-order valence-electron chi connectivity index (χ1n) is 6.34. The molecule has 21 heavy (non-hydrogen) atoms. The molecule has 0 spiro atoms. The van der Waals surface area contributed by atoms with E-state index in [0.717, 1.165) is 5.56 Å². The molecular formula is C14H18F3NO3. The Hall–Kier alpha value is -1.76. The Morgan fingerprint density at radius 3 is 2.29 bits per heavy atom. The standard InChI is InChI=1S/C14H18F3NO3/c1-13(12(19)20,18-9-14(15,16)17)8-7-10-3-5-11(21-2)6-4-10/h3-6,18H,7-9H2,1-2H3,(H,19,20). The van der Waals surface area contributed by atoms with Crippen molar-refractivity contribution >= 4 is 5.97 Å². The topological polar surface area (TPSA) is 58.6 Å². The van der Waals surface area contributed by atoms with Crippen LogP contribution in [0.25, 0.3) is 0 Å². The van der Waals surface area contributed by atoms with Gasteiger partial charge < -0.3 is 9.84 Å². The van der Waals surface area contributed by atoms with Crippen LogP contribution < -0.4 is 10.1 Å². The Labute approximate surface area is 120 Å². The summed E-state index contributed by atoms with van der Waals surface area (Å²) in [6, 6.07) is 6.95. The van der Waals surface area contributed by atoms with Crippen LogP contribution in [-0.2, 0) is 11.2 Å². The SMILES string of the molecule is COc1ccc(CCC(C)(NCC(F)(F)F)C(=O)O)cc1. The number of carboxylic acids is 1. The minimum absolute atomic E-state index is 0.0464. The van der Waals surface area contributed by atoms with Crippen molar-refractivity contribution in [2.75, 3.05) is 13.7 Å². The average Bonchev–Trinajstić information content (AvgIpc) is 2.42. The Morgan fingerprint density at radius 1 is 1.29 bits per heavy atom. The van der Waals surface area contributed by atoms with Crippen LogP contribution in [0.1, 0.15) is 18.9 Å². The molecule has 1 aromatic carbocycles. The van der Waals surface area contributed by atoms with E-state index in [4.69, 9.17) is 9.84 Å². The molecule has 1 aromatic rings. The lowest BCUT2D eigenvalue weighted by molar-refractivity contribution is -0.149. The summed E-state index contributed by atoms with van der Waals surface area (Å²) >= 11 is 0. The quantitative estimate of drug-likeness (QED) is 0.813. The lowest BCUT2D eigenvalue weighted by Crippen LogP contribution is -2.52. The number of aliphatic carboxylic acids is 1. The Balaban J connectivity index is 2.67. The Morgan fingerprint density at radius 2 is 1.86 bits per heavy atom. The van der Waals surface area contributed by atoms with E-state index in [1.54, 1.807) is 24.3 Å². The van der Waals surface area contributed by atoms with Crippen molar-refractivity contribution in [1.29, 1.82) is 0 Å². The fourth-order valence-corrected chi connectivity index (χ4v) is 1.75. The predicted molar refractivity (Wildman–Crippen MR) is 71.4 cm³/mol. The van der Waals surface area contributed by atoms with E-state index in [2.05, 4.69) is 5.32 Å². The van der Waals surface area contributed by atoms with Gasteiger partial charge in [-0.15, -0.1) is 0 Å². The third-order valence-electron chi connectivity index (χ3n) is 3.22. The molecule has 7 heteroatoms. The van der Waals surface area contributed by atoms with E-state index in [0.29, 0.717) is 12.2 Å². The maximum absolute atomic E-state index is 12.2. The van der Waals surface area contributed by atoms with Crippen LogP contribution in [0, 0.1) is 0 Å². The highest BCUT2D eigenvalue weighted by Crippen LogP contribution is 2.20. The van der Waals surface area contributed by atoms with E-state index in [1.165, 1.54) is 14.0 Å². The number of ether oxygens (including phenoxy) is 1. The van der Waals surface area contributed by atoms with Crippen molar-refractivity contribution in [2.24, 2.45) is 0 Å². The maximum Gasteiger partial charge on any atom is 0.401 e. The third kappa shape index (κ3) is 5.63. The number of methoxy groups -OCH3 is 1. The minimum atomic E-state index is -4.45. The number of alkyl halides is 3. The molecule has 1 rings (SSSR count). The molecule has 0 aliphatic heterocycles. The second-order valence-corrected chi connectivity index (χ2v) is 4.95. The molecule has 1 unspecified atom stereocenters. The van der Waals surface area contributed by atoms with E-state index in [1.807, 2.05) is 0 Å². The highest BCUT2D eigenvalue weighted by atomic mass is 19.4. The normalized spacial score (nSPS) is 14.5. The van der Waals surface area contributed by atoms with Gasteiger partial charge in [-0.2, -0.15) is 13.2 Å². The molecule has 0 bridgehead atoms. The first kappa shape index (κ1) is 17.3. The second-order valence-electron chi connectivity index (χ2n) is 4.95. The van der Waals surface area contributed by atoms with Crippen LogP contribution in [0.5, 0.6) is 5.75 Å². The summed E-state index contributed by atoms with van der Waals surface area (Å²) in [5, 5.41) is 11.2. The summed E-state index contributed by atoms with van der Waals surface area (Å²) < 4.78 is 41.7. The number of hydrogen-bond donors (Lipinski definition) is 2. The van der Waals surface area contributed by atoms with Crippen LogP contribution in [0.15, 0.2) is 24.3 Å². The van der Waals surface area contributed by atoms with E-state index >= 15 is 0 Å². The number of halogens is 3. The number of nitrogens with one attached hydrogen (secondary N) is 1. The Kier molecular flexibility index (Phi) is 5.60. The molecule has 0 fully saturated rings. The lowest BCUT2D eigenvalue weighted by atomic mass is 9.93. The van der Waals surface area contributed by atoms with Crippen molar-refractivity contribution in [3.05, 3.63) is 29.8 Å². The summed E-state index contributed by atoms with van der Waals surface area (Å²) in [5.74, 6) is -0.643. The third-order valence-corrected chi connectivity index (χ3v) is 3.22. The van der Waals surface area contributed by atoms with Crippen molar-refractivity contribution in [2.45, 2.75) is 31.5 Å². The summed E-state index contributed by atoms with van der Waals surface area (Å²) in [6.07, 6.45) is -4.06. The zero-order valence-electron chi connectivity index (χ0n) is 11.8. The van der Waals surface area contributed by atoms with Crippen LogP contribution in [0.4, 0.5) is 13.2 Å². The van der Waals surface area contributed by atoms with Crippen molar-refractivity contribution < 1.29 is 27.8 Å². The molecule has 0 amide bonds. The number of carboxylic acid groups (broad SMARTS) is 1. The Bertz CT molecular complexity index is 473. The minimum Gasteiger partial charge on any atom is -0.497 e. The monoisotopic (exact) mass is 305 g/mol. The highest BCUT2D eigenvalue weighted by Gasteiger charge is 2.37. The molecule has 2 N–H and O–H groups in total. The number of carbonyl (C=O) groups is 1. The van der Waals surface area contributed by atoms with Crippen molar-refractivity contribution in [1.82, 2.24) is 5.32 Å². The molecule has 0 aliphatic carbocycles. The van der Waals surface area contributed by atoms with Gasteiger partial charge in [-0.25, -0.2) is 0 Å². The zero-order valence-corrected chi connectivity index (χ0v) is 11.8. The lowest BCUT2D eigenvalue weighted by Gasteiger charge is -2.27. The van der Waals surface area contributed by atoms with Gasteiger partial charge in [-0.05, 0) is 37.5 Å². The molecule has 118 valence electrons. The summed E-state index contributed by atoms with van der Waals surface area (Å²) in [5.41, 5.74) is -0.799. The van der Waals surface area contributed by atoms with Crippen molar-refractivity contribution in [3.63, 3.8) is 0 Å². The molecule has 4 nitrogen and oxygen atoms in total. The van der Waals surface area contributed by atoms with Crippen LogP contribution in [0.2, 0.25) is 0 Å². The van der Waals surface area contributed by atoms with E-state index in [9.17, 15) is 18.0 Å². The van der Waals surface area contributed by atoms with Gasteiger partial charge in [0, 0.05) is 0 Å². The number of hydrogen-bond acceptors (Lipinski definition) is 3. The molecule has 0 radical (unpaired) electrons. The van der Waals surface area contributed by atoms with Gasteiger partial charge >= 0.3 is 12.1 Å². The molecular weight excluding hydrogens is 287 g/mol. The van der Waals surface area contributed by atoms with Gasteiger partial charge in [-0.1, -0.05) is 12.1 Å². The van der Waals surface area contributed by atoms with Gasteiger partial charge in [-0.3, -0.25) is 10.1 Å². The molecule has 1 atom stereocenters. The first-order valence-corrected chi connectivity index (χ1v) is 6.34. The first-order chi connectivity index (χ1) is 9.66. The van der Waals surface area contributed by atoms with Gasteiger partial charge in [0.1, 0.15) is 11.3 Å². The molecule has 0 aromatic heterocycles. The van der Waals surface area contributed by atoms with Gasteiger partial charge in [0.05, 0.1) is 13.7 Å². The summed E-state index contributed by atoms with van der Waals surface area (Å²) in [4.78, 5) is 11.2. The summed E-state index contributed by atoms with van der Waals surface area (Å²) in [6.45, 7) is -0.0803. The predicted octanol–water partition coefficient (Wildman–Crippen LogP) is 2.62. The van der Waals surface area contributed by atoms with Crippen molar-refractivity contribution in [3.8, 4) is 5.75 Å². The second kappa shape index (κ2) is 6.80. The van der Waals surface area contributed by atoms with Crippen LogP contribution in [0.3, 0.4) is 0 Å². The van der Waals surface area contributed by atoms with Gasteiger partial charge in [0.15, 0.2) is 0 Å². The van der Waals surface area contributed by atoms with E-state index < -0.39 is 24.2 Å². The molecule has 0 saturated heterocycles. The summed E-state index contributed by atoms with van der Waals surface area (Å²) in [7, 11) is 1.53. The van der Waals surface area contributed by atoms with Gasteiger partial charge in [0.25, 0.3) is 0 Å². The number of benzene rings is 1. The zero-order chi connectivity index (χ0) is 16.1. The molecule has 0 heterocycles. The van der Waals surface area contributed by atoms with Crippen LogP contribution >= 0.6 is 0 Å². The fourth-order valence-electron chi connectivity index (χ4n) is 1.75. The number of aryl methyl sites for hydroxylation is 1. The van der Waals surface area contributed by atoms with Gasteiger partial charge in [0.2, 0.25) is 0 Å². The molecule has 0 aliphatic rings.